The molecule has 1 aliphatic rings. The van der Waals surface area contributed by atoms with Crippen LogP contribution in [-0.2, 0) is 0 Å². The molecule has 1 aromatic carbocycles. The lowest BCUT2D eigenvalue weighted by molar-refractivity contribution is 0.339. The number of halogens is 1. The molecule has 2 atom stereocenters. The summed E-state index contributed by atoms with van der Waals surface area (Å²) in [5, 5.41) is 3.83. The van der Waals surface area contributed by atoms with Gasteiger partial charge in [0, 0.05) is 16.6 Å². The van der Waals surface area contributed by atoms with Gasteiger partial charge in [-0.05, 0) is 49.8 Å². The van der Waals surface area contributed by atoms with Crippen molar-refractivity contribution in [1.29, 1.82) is 0 Å². The molecule has 1 nitrogen and oxygen atoms in total. The predicted octanol–water partition coefficient (Wildman–Crippen LogP) is 5.07. The summed E-state index contributed by atoms with van der Waals surface area (Å²) >= 11 is 3.56. The van der Waals surface area contributed by atoms with Gasteiger partial charge in [0.1, 0.15) is 0 Å². The standard InChI is InChI=1S/C16H24BrN/c1-3-16(14-9-6-10-15(17)11-14)18-12(2)13-7-4-5-8-13/h6,9-13,16,18H,3-5,7-8H2,1-2H3. The number of rotatable bonds is 5. The lowest BCUT2D eigenvalue weighted by atomic mass is 9.96. The Labute approximate surface area is 119 Å². The van der Waals surface area contributed by atoms with Crippen LogP contribution in [0.25, 0.3) is 0 Å². The van der Waals surface area contributed by atoms with E-state index in [4.69, 9.17) is 0 Å². The van der Waals surface area contributed by atoms with Crippen molar-refractivity contribution in [1.82, 2.24) is 5.32 Å². The zero-order valence-electron chi connectivity index (χ0n) is 11.5. The van der Waals surface area contributed by atoms with Gasteiger partial charge in [-0.3, -0.25) is 0 Å². The summed E-state index contributed by atoms with van der Waals surface area (Å²) in [5.41, 5.74) is 1.40. The maximum atomic E-state index is 3.83. The van der Waals surface area contributed by atoms with E-state index in [2.05, 4.69) is 59.4 Å². The summed E-state index contributed by atoms with van der Waals surface area (Å²) in [5.74, 6) is 0.881. The molecule has 2 rings (SSSR count). The Hall–Kier alpha value is -0.340. The van der Waals surface area contributed by atoms with Crippen molar-refractivity contribution in [2.75, 3.05) is 0 Å². The maximum absolute atomic E-state index is 3.83. The molecule has 0 bridgehead atoms. The first-order chi connectivity index (χ1) is 8.70. The smallest absolute Gasteiger partial charge is 0.0320 e. The first kappa shape index (κ1) is 14.1. The zero-order valence-corrected chi connectivity index (χ0v) is 13.0. The molecule has 0 spiro atoms. The monoisotopic (exact) mass is 309 g/mol. The van der Waals surface area contributed by atoms with E-state index in [-0.39, 0.29) is 0 Å². The van der Waals surface area contributed by atoms with Gasteiger partial charge in [0.15, 0.2) is 0 Å². The normalized spacial score (nSPS) is 19.9. The Morgan fingerprint density at radius 1 is 1.33 bits per heavy atom. The van der Waals surface area contributed by atoms with Gasteiger partial charge in [0.2, 0.25) is 0 Å². The van der Waals surface area contributed by atoms with E-state index in [0.717, 1.165) is 12.3 Å². The third kappa shape index (κ3) is 3.58. The molecule has 0 aromatic heterocycles. The van der Waals surface area contributed by atoms with E-state index in [1.54, 1.807) is 0 Å². The Morgan fingerprint density at radius 2 is 2.06 bits per heavy atom. The molecule has 1 aliphatic carbocycles. The van der Waals surface area contributed by atoms with Crippen molar-refractivity contribution in [3.63, 3.8) is 0 Å². The summed E-state index contributed by atoms with van der Waals surface area (Å²) in [6, 6.07) is 9.81. The van der Waals surface area contributed by atoms with Crippen LogP contribution in [0.5, 0.6) is 0 Å². The van der Waals surface area contributed by atoms with Crippen molar-refractivity contribution in [2.45, 2.75) is 58.0 Å². The highest BCUT2D eigenvalue weighted by molar-refractivity contribution is 9.10. The van der Waals surface area contributed by atoms with Gasteiger partial charge >= 0.3 is 0 Å². The van der Waals surface area contributed by atoms with Gasteiger partial charge in [0.25, 0.3) is 0 Å². The van der Waals surface area contributed by atoms with Crippen LogP contribution < -0.4 is 5.32 Å². The first-order valence-electron chi connectivity index (χ1n) is 7.22. The molecule has 1 aromatic rings. The second-order valence-corrected chi connectivity index (χ2v) is 6.43. The van der Waals surface area contributed by atoms with E-state index in [1.807, 2.05) is 0 Å². The van der Waals surface area contributed by atoms with E-state index in [1.165, 1.54) is 35.7 Å². The lowest BCUT2D eigenvalue weighted by Gasteiger charge is -2.27. The minimum Gasteiger partial charge on any atom is -0.307 e. The number of nitrogens with one attached hydrogen (secondary N) is 1. The Balaban J connectivity index is 2.00. The maximum Gasteiger partial charge on any atom is 0.0320 e. The van der Waals surface area contributed by atoms with Crippen LogP contribution in [0.3, 0.4) is 0 Å². The fourth-order valence-corrected chi connectivity index (χ4v) is 3.50. The van der Waals surface area contributed by atoms with Crippen LogP contribution in [0.15, 0.2) is 28.7 Å². The predicted molar refractivity (Wildman–Crippen MR) is 81.7 cm³/mol. The molecular formula is C16H24BrN. The molecule has 0 radical (unpaired) electrons. The number of hydrogen-bond donors (Lipinski definition) is 1. The molecule has 0 aliphatic heterocycles. The highest BCUT2D eigenvalue weighted by Crippen LogP contribution is 2.29. The van der Waals surface area contributed by atoms with Gasteiger partial charge in [0.05, 0.1) is 0 Å². The van der Waals surface area contributed by atoms with Gasteiger partial charge in [-0.1, -0.05) is 47.8 Å². The molecular weight excluding hydrogens is 286 g/mol. The van der Waals surface area contributed by atoms with Crippen molar-refractivity contribution < 1.29 is 0 Å². The highest BCUT2D eigenvalue weighted by atomic mass is 79.9. The van der Waals surface area contributed by atoms with E-state index in [9.17, 15) is 0 Å². The minimum absolute atomic E-state index is 0.484. The summed E-state index contributed by atoms with van der Waals surface area (Å²) in [6.07, 6.45) is 6.80. The van der Waals surface area contributed by atoms with Crippen LogP contribution in [0.2, 0.25) is 0 Å². The topological polar surface area (TPSA) is 12.0 Å². The van der Waals surface area contributed by atoms with Crippen molar-refractivity contribution in [3.05, 3.63) is 34.3 Å². The summed E-state index contributed by atoms with van der Waals surface area (Å²) in [4.78, 5) is 0. The second kappa shape index (κ2) is 6.72. The van der Waals surface area contributed by atoms with E-state index >= 15 is 0 Å². The fourth-order valence-electron chi connectivity index (χ4n) is 3.08. The molecule has 18 heavy (non-hydrogen) atoms. The average molecular weight is 310 g/mol. The number of benzene rings is 1. The Kier molecular flexibility index (Phi) is 5.25. The quantitative estimate of drug-likeness (QED) is 0.801. The van der Waals surface area contributed by atoms with Gasteiger partial charge in [-0.2, -0.15) is 0 Å². The second-order valence-electron chi connectivity index (χ2n) is 5.52. The molecule has 2 unspecified atom stereocenters. The lowest BCUT2D eigenvalue weighted by Crippen LogP contribution is -2.35. The SMILES string of the molecule is CCC(NC(C)C1CCCC1)c1cccc(Br)c1. The minimum atomic E-state index is 0.484. The largest absolute Gasteiger partial charge is 0.307 e. The average Bonchev–Trinajstić information content (AvgIpc) is 2.89. The van der Waals surface area contributed by atoms with E-state index < -0.39 is 0 Å². The van der Waals surface area contributed by atoms with Crippen molar-refractivity contribution in [3.8, 4) is 0 Å². The zero-order chi connectivity index (χ0) is 13.0. The van der Waals surface area contributed by atoms with E-state index in [0.29, 0.717) is 12.1 Å². The van der Waals surface area contributed by atoms with Crippen LogP contribution in [0.4, 0.5) is 0 Å². The molecule has 2 heteroatoms. The van der Waals surface area contributed by atoms with Crippen LogP contribution in [-0.4, -0.2) is 6.04 Å². The third-order valence-corrected chi connectivity index (χ3v) is 4.72. The van der Waals surface area contributed by atoms with Crippen LogP contribution in [0.1, 0.15) is 57.6 Å². The molecule has 1 fully saturated rings. The first-order valence-corrected chi connectivity index (χ1v) is 8.01. The Morgan fingerprint density at radius 3 is 2.67 bits per heavy atom. The highest BCUT2D eigenvalue weighted by Gasteiger charge is 2.23. The molecule has 0 heterocycles. The third-order valence-electron chi connectivity index (χ3n) is 4.23. The summed E-state index contributed by atoms with van der Waals surface area (Å²) in [7, 11) is 0. The van der Waals surface area contributed by atoms with Crippen LogP contribution in [0, 0.1) is 5.92 Å². The summed E-state index contributed by atoms with van der Waals surface area (Å²) in [6.45, 7) is 4.62. The fraction of sp³-hybridized carbons (Fsp3) is 0.625. The molecule has 100 valence electrons. The molecule has 0 amide bonds. The molecule has 1 saturated carbocycles. The number of hydrogen-bond acceptors (Lipinski definition) is 1. The molecule has 0 saturated heterocycles. The Bertz CT molecular complexity index is 371. The van der Waals surface area contributed by atoms with Gasteiger partial charge < -0.3 is 5.32 Å². The molecule has 1 N–H and O–H groups in total. The van der Waals surface area contributed by atoms with Crippen molar-refractivity contribution >= 4 is 15.9 Å². The summed E-state index contributed by atoms with van der Waals surface area (Å²) < 4.78 is 1.17. The van der Waals surface area contributed by atoms with Gasteiger partial charge in [-0.25, -0.2) is 0 Å². The van der Waals surface area contributed by atoms with Gasteiger partial charge in [-0.15, -0.1) is 0 Å². The van der Waals surface area contributed by atoms with Crippen LogP contribution >= 0.6 is 15.9 Å². The van der Waals surface area contributed by atoms with Crippen molar-refractivity contribution in [2.24, 2.45) is 5.92 Å².